The van der Waals surface area contributed by atoms with Crippen LogP contribution in [0.4, 0.5) is 5.13 Å². The molecule has 0 amide bonds. The number of fused-ring (bicyclic) bond motifs is 1. The number of aromatic nitrogens is 1. The molecule has 20 heavy (non-hydrogen) atoms. The van der Waals surface area contributed by atoms with Gasteiger partial charge in [-0.2, -0.15) is 0 Å². The lowest BCUT2D eigenvalue weighted by Crippen LogP contribution is -2.12. The van der Waals surface area contributed by atoms with Crippen molar-refractivity contribution in [1.82, 2.24) is 4.98 Å². The Morgan fingerprint density at radius 3 is 2.60 bits per heavy atom. The lowest BCUT2D eigenvalue weighted by atomic mass is 10.2. The van der Waals surface area contributed by atoms with Gasteiger partial charge in [-0.25, -0.2) is 13.4 Å². The molecule has 4 nitrogen and oxygen atoms in total. The molecule has 102 valence electrons. The first-order chi connectivity index (χ1) is 9.54. The van der Waals surface area contributed by atoms with Crippen molar-refractivity contribution in [3.05, 3.63) is 54.1 Å². The lowest BCUT2D eigenvalue weighted by Gasteiger charge is -2.03. The summed E-state index contributed by atoms with van der Waals surface area (Å²) < 4.78 is 27.9. The fourth-order valence-electron chi connectivity index (χ4n) is 1.85. The third-order valence-corrected chi connectivity index (χ3v) is 5.24. The summed E-state index contributed by atoms with van der Waals surface area (Å²) in [5, 5.41) is 0.384. The quantitative estimate of drug-likeness (QED) is 0.806. The number of sulfonamides is 1. The molecule has 0 spiro atoms. The highest BCUT2D eigenvalue weighted by atomic mass is 32.2. The monoisotopic (exact) mass is 304 g/mol. The molecule has 6 heteroatoms. The van der Waals surface area contributed by atoms with E-state index in [0.29, 0.717) is 5.13 Å². The Hall–Kier alpha value is -1.92. The molecule has 0 bridgehead atoms. The SMILES string of the molecule is Cc1ccc2nc(NS(=O)(=O)c3ccccc3)sc2c1. The van der Waals surface area contributed by atoms with Crippen LogP contribution in [-0.2, 0) is 10.0 Å². The standard InChI is InChI=1S/C14H12N2O2S2/c1-10-7-8-12-13(9-10)19-14(15-12)16-20(17,18)11-5-3-2-4-6-11/h2-9H,1H3,(H,15,16). The summed E-state index contributed by atoms with van der Waals surface area (Å²) in [5.74, 6) is 0. The Morgan fingerprint density at radius 2 is 1.85 bits per heavy atom. The molecule has 0 aliphatic rings. The van der Waals surface area contributed by atoms with Gasteiger partial charge in [-0.1, -0.05) is 35.6 Å². The van der Waals surface area contributed by atoms with E-state index in [2.05, 4.69) is 9.71 Å². The van der Waals surface area contributed by atoms with Gasteiger partial charge in [-0.15, -0.1) is 0 Å². The highest BCUT2D eigenvalue weighted by molar-refractivity contribution is 7.93. The molecule has 0 saturated heterocycles. The number of rotatable bonds is 3. The van der Waals surface area contributed by atoms with Crippen LogP contribution in [-0.4, -0.2) is 13.4 Å². The molecule has 1 aromatic heterocycles. The molecule has 0 fully saturated rings. The summed E-state index contributed by atoms with van der Waals surface area (Å²) in [7, 11) is -3.57. The summed E-state index contributed by atoms with van der Waals surface area (Å²) in [5.41, 5.74) is 1.92. The van der Waals surface area contributed by atoms with E-state index in [1.807, 2.05) is 25.1 Å². The van der Waals surface area contributed by atoms with E-state index >= 15 is 0 Å². The third-order valence-electron chi connectivity index (χ3n) is 2.82. The fourth-order valence-corrected chi connectivity index (χ4v) is 4.07. The van der Waals surface area contributed by atoms with E-state index < -0.39 is 10.0 Å². The highest BCUT2D eigenvalue weighted by Gasteiger charge is 2.15. The van der Waals surface area contributed by atoms with Crippen LogP contribution >= 0.6 is 11.3 Å². The predicted molar refractivity (Wildman–Crippen MR) is 81.6 cm³/mol. The van der Waals surface area contributed by atoms with Crippen LogP contribution in [0.25, 0.3) is 10.2 Å². The van der Waals surface area contributed by atoms with Gasteiger partial charge in [0.1, 0.15) is 0 Å². The number of thiazole rings is 1. The molecule has 3 rings (SSSR count). The fraction of sp³-hybridized carbons (Fsp3) is 0.0714. The molecule has 2 aromatic carbocycles. The van der Waals surface area contributed by atoms with Crippen LogP contribution in [0.5, 0.6) is 0 Å². The van der Waals surface area contributed by atoms with Crippen LogP contribution in [0.15, 0.2) is 53.4 Å². The van der Waals surface area contributed by atoms with Crippen molar-refractivity contribution in [2.75, 3.05) is 4.72 Å². The third kappa shape index (κ3) is 2.52. The van der Waals surface area contributed by atoms with Crippen molar-refractivity contribution in [3.8, 4) is 0 Å². The van der Waals surface area contributed by atoms with E-state index in [9.17, 15) is 8.42 Å². The van der Waals surface area contributed by atoms with Gasteiger partial charge >= 0.3 is 0 Å². The van der Waals surface area contributed by atoms with Crippen LogP contribution in [0, 0.1) is 6.92 Å². The molecule has 3 aromatic rings. The molecule has 0 aliphatic heterocycles. The first-order valence-electron chi connectivity index (χ1n) is 6.00. The Balaban J connectivity index is 1.97. The second-order valence-corrected chi connectivity index (χ2v) is 7.12. The van der Waals surface area contributed by atoms with Gasteiger partial charge in [-0.05, 0) is 36.8 Å². The average Bonchev–Trinajstić information content (AvgIpc) is 2.80. The highest BCUT2D eigenvalue weighted by Crippen LogP contribution is 2.28. The second-order valence-electron chi connectivity index (χ2n) is 4.41. The van der Waals surface area contributed by atoms with Crippen LogP contribution in [0.2, 0.25) is 0 Å². The summed E-state index contributed by atoms with van der Waals surface area (Å²) >= 11 is 1.33. The van der Waals surface area contributed by atoms with Gasteiger partial charge in [0, 0.05) is 0 Å². The van der Waals surface area contributed by atoms with Crippen LogP contribution in [0.3, 0.4) is 0 Å². The Morgan fingerprint density at radius 1 is 1.10 bits per heavy atom. The zero-order valence-corrected chi connectivity index (χ0v) is 12.3. The normalized spacial score (nSPS) is 11.7. The maximum atomic E-state index is 12.2. The minimum atomic E-state index is -3.57. The van der Waals surface area contributed by atoms with E-state index in [4.69, 9.17) is 0 Å². The van der Waals surface area contributed by atoms with E-state index in [1.54, 1.807) is 30.3 Å². The lowest BCUT2D eigenvalue weighted by molar-refractivity contribution is 0.601. The number of benzene rings is 2. The molecular formula is C14H12N2O2S2. The largest absolute Gasteiger partial charge is 0.263 e. The number of aryl methyl sites for hydroxylation is 1. The van der Waals surface area contributed by atoms with Crippen molar-refractivity contribution in [2.45, 2.75) is 11.8 Å². The van der Waals surface area contributed by atoms with Crippen molar-refractivity contribution < 1.29 is 8.42 Å². The Labute approximate surface area is 121 Å². The van der Waals surface area contributed by atoms with Crippen LogP contribution in [0.1, 0.15) is 5.56 Å². The maximum absolute atomic E-state index is 12.2. The van der Waals surface area contributed by atoms with E-state index in [-0.39, 0.29) is 4.90 Å². The van der Waals surface area contributed by atoms with Crippen molar-refractivity contribution in [2.24, 2.45) is 0 Å². The van der Waals surface area contributed by atoms with Gasteiger partial charge in [0.25, 0.3) is 10.0 Å². The number of nitrogens with one attached hydrogen (secondary N) is 1. The summed E-state index contributed by atoms with van der Waals surface area (Å²) in [6.07, 6.45) is 0. The molecule has 1 heterocycles. The summed E-state index contributed by atoms with van der Waals surface area (Å²) in [4.78, 5) is 4.52. The summed E-state index contributed by atoms with van der Waals surface area (Å²) in [6.45, 7) is 1.99. The van der Waals surface area contributed by atoms with E-state index in [1.165, 1.54) is 11.3 Å². The van der Waals surface area contributed by atoms with Gasteiger partial charge < -0.3 is 0 Å². The zero-order valence-electron chi connectivity index (χ0n) is 10.7. The van der Waals surface area contributed by atoms with Crippen molar-refractivity contribution >= 4 is 36.7 Å². The predicted octanol–water partition coefficient (Wildman–Crippen LogP) is 3.41. The maximum Gasteiger partial charge on any atom is 0.263 e. The average molecular weight is 304 g/mol. The Kier molecular flexibility index (Phi) is 3.19. The summed E-state index contributed by atoms with van der Waals surface area (Å²) in [6, 6.07) is 14.1. The number of nitrogens with zero attached hydrogens (tertiary/aromatic N) is 1. The van der Waals surface area contributed by atoms with Crippen LogP contribution < -0.4 is 4.72 Å². The van der Waals surface area contributed by atoms with Crippen molar-refractivity contribution in [3.63, 3.8) is 0 Å². The topological polar surface area (TPSA) is 59.1 Å². The van der Waals surface area contributed by atoms with Crippen molar-refractivity contribution in [1.29, 1.82) is 0 Å². The first-order valence-corrected chi connectivity index (χ1v) is 8.30. The molecule has 0 unspecified atom stereocenters. The van der Waals surface area contributed by atoms with Gasteiger partial charge in [0.2, 0.25) is 0 Å². The van der Waals surface area contributed by atoms with Gasteiger partial charge in [-0.3, -0.25) is 4.72 Å². The molecule has 0 atom stereocenters. The van der Waals surface area contributed by atoms with Gasteiger partial charge in [0.05, 0.1) is 15.1 Å². The molecule has 0 saturated carbocycles. The number of hydrogen-bond acceptors (Lipinski definition) is 4. The van der Waals surface area contributed by atoms with E-state index in [0.717, 1.165) is 15.8 Å². The van der Waals surface area contributed by atoms with Gasteiger partial charge in [0.15, 0.2) is 5.13 Å². The first kappa shape index (κ1) is 13.1. The molecule has 1 N–H and O–H groups in total. The Bertz CT molecular complexity index is 855. The minimum absolute atomic E-state index is 0.232. The zero-order chi connectivity index (χ0) is 14.2. The smallest absolute Gasteiger partial charge is 0.255 e. The number of hydrogen-bond donors (Lipinski definition) is 1. The number of anilines is 1. The second kappa shape index (κ2) is 4.88. The minimum Gasteiger partial charge on any atom is -0.255 e. The molecule has 0 radical (unpaired) electrons. The molecular weight excluding hydrogens is 292 g/mol. The molecule has 0 aliphatic carbocycles.